The van der Waals surface area contributed by atoms with Gasteiger partial charge in [0.25, 0.3) is 0 Å². The van der Waals surface area contributed by atoms with Crippen LogP contribution in [0.2, 0.25) is 0 Å². The second kappa shape index (κ2) is 6.77. The Morgan fingerprint density at radius 1 is 1.33 bits per heavy atom. The third kappa shape index (κ3) is 7.44. The van der Waals surface area contributed by atoms with Crippen molar-refractivity contribution in [1.29, 1.82) is 0 Å². The number of nitrogens with two attached hydrogens (primary N) is 1. The Labute approximate surface area is 87.0 Å². The fourth-order valence-electron chi connectivity index (χ4n) is 0.909. The van der Waals surface area contributed by atoms with Gasteiger partial charge in [-0.3, -0.25) is 14.4 Å². The molecule has 0 fully saturated rings. The maximum atomic E-state index is 11.1. The lowest BCUT2D eigenvalue weighted by molar-refractivity contribution is -0.138. The predicted molar refractivity (Wildman–Crippen MR) is 51.9 cm³/mol. The highest BCUT2D eigenvalue weighted by Crippen LogP contribution is 1.89. The van der Waals surface area contributed by atoms with Gasteiger partial charge >= 0.3 is 5.97 Å². The molecule has 0 heterocycles. The molecule has 0 aromatic carbocycles. The summed E-state index contributed by atoms with van der Waals surface area (Å²) >= 11 is 0. The number of hydrogen-bond donors (Lipinski definition) is 4. The summed E-state index contributed by atoms with van der Waals surface area (Å²) in [4.78, 5) is 32.0. The number of hydrogen-bond acceptors (Lipinski definition) is 4. The monoisotopic (exact) mass is 217 g/mol. The van der Waals surface area contributed by atoms with E-state index in [1.54, 1.807) is 6.92 Å². The lowest BCUT2D eigenvalue weighted by Crippen LogP contribution is -2.40. The van der Waals surface area contributed by atoms with Crippen molar-refractivity contribution in [2.75, 3.05) is 13.1 Å². The van der Waals surface area contributed by atoms with Crippen molar-refractivity contribution in [3.8, 4) is 0 Å². The van der Waals surface area contributed by atoms with Crippen LogP contribution in [0.5, 0.6) is 0 Å². The Bertz CT molecular complexity index is 254. The Morgan fingerprint density at radius 3 is 2.40 bits per heavy atom. The van der Waals surface area contributed by atoms with Gasteiger partial charge in [-0.1, -0.05) is 0 Å². The summed E-state index contributed by atoms with van der Waals surface area (Å²) in [6.07, 6.45) is 0.0268. The second-order valence-electron chi connectivity index (χ2n) is 3.05. The first-order valence-corrected chi connectivity index (χ1v) is 4.43. The molecule has 0 saturated heterocycles. The number of rotatable bonds is 6. The first-order valence-electron chi connectivity index (χ1n) is 4.43. The Kier molecular flexibility index (Phi) is 6.03. The quantitative estimate of drug-likeness (QED) is 0.411. The minimum atomic E-state index is -1.11. The topological polar surface area (TPSA) is 122 Å². The Balaban J connectivity index is 3.76. The van der Waals surface area contributed by atoms with E-state index in [1.807, 2.05) is 0 Å². The number of carboxylic acid groups (broad SMARTS) is 1. The van der Waals surface area contributed by atoms with Crippen LogP contribution in [-0.4, -0.2) is 42.0 Å². The van der Waals surface area contributed by atoms with Crippen molar-refractivity contribution in [1.82, 2.24) is 10.6 Å². The number of aliphatic carboxylic acids is 1. The van der Waals surface area contributed by atoms with Gasteiger partial charge in [0.1, 0.15) is 6.54 Å². The molecule has 0 aromatic heterocycles. The molecule has 0 spiro atoms. The molecule has 0 aliphatic carbocycles. The zero-order valence-electron chi connectivity index (χ0n) is 8.45. The largest absolute Gasteiger partial charge is 0.480 e. The summed E-state index contributed by atoms with van der Waals surface area (Å²) in [6, 6.07) is -0.366. The fraction of sp³-hybridized carbons (Fsp3) is 0.625. The third-order valence-electron chi connectivity index (χ3n) is 1.52. The Hall–Kier alpha value is -1.63. The summed E-state index contributed by atoms with van der Waals surface area (Å²) in [5, 5.41) is 12.9. The average molecular weight is 217 g/mol. The highest BCUT2D eigenvalue weighted by Gasteiger charge is 2.11. The van der Waals surface area contributed by atoms with E-state index in [1.165, 1.54) is 0 Å². The van der Waals surface area contributed by atoms with Crippen molar-refractivity contribution in [3.63, 3.8) is 0 Å². The molecule has 0 rings (SSSR count). The van der Waals surface area contributed by atoms with Crippen LogP contribution >= 0.6 is 0 Å². The SMILES string of the molecule is C[C@@H](CC(=O)NCC(=O)O)NC(=O)CN. The highest BCUT2D eigenvalue weighted by atomic mass is 16.4. The van der Waals surface area contributed by atoms with E-state index in [0.717, 1.165) is 0 Å². The van der Waals surface area contributed by atoms with Gasteiger partial charge in [0.2, 0.25) is 11.8 Å². The van der Waals surface area contributed by atoms with Crippen LogP contribution in [0.4, 0.5) is 0 Å². The number of carbonyl (C=O) groups is 3. The van der Waals surface area contributed by atoms with Crippen molar-refractivity contribution >= 4 is 17.8 Å². The van der Waals surface area contributed by atoms with E-state index in [4.69, 9.17) is 10.8 Å². The van der Waals surface area contributed by atoms with E-state index in [0.29, 0.717) is 0 Å². The molecule has 7 heteroatoms. The lowest BCUT2D eigenvalue weighted by Gasteiger charge is -2.12. The molecule has 5 N–H and O–H groups in total. The van der Waals surface area contributed by atoms with Gasteiger partial charge in [-0.25, -0.2) is 0 Å². The highest BCUT2D eigenvalue weighted by molar-refractivity contribution is 5.82. The number of nitrogens with one attached hydrogen (secondary N) is 2. The maximum absolute atomic E-state index is 11.1. The lowest BCUT2D eigenvalue weighted by atomic mass is 10.2. The van der Waals surface area contributed by atoms with Crippen molar-refractivity contribution in [2.24, 2.45) is 5.73 Å². The summed E-state index contributed by atoms with van der Waals surface area (Å²) in [5.74, 6) is -1.89. The molecular formula is C8H15N3O4. The zero-order valence-corrected chi connectivity index (χ0v) is 8.45. The van der Waals surface area contributed by atoms with E-state index >= 15 is 0 Å². The third-order valence-corrected chi connectivity index (χ3v) is 1.52. The van der Waals surface area contributed by atoms with E-state index < -0.39 is 18.4 Å². The van der Waals surface area contributed by atoms with Gasteiger partial charge in [0, 0.05) is 12.5 Å². The minimum absolute atomic E-state index is 0.0268. The van der Waals surface area contributed by atoms with Crippen LogP contribution in [0.15, 0.2) is 0 Å². The second-order valence-corrected chi connectivity index (χ2v) is 3.05. The van der Waals surface area contributed by atoms with Crippen LogP contribution in [0, 0.1) is 0 Å². The first-order chi connectivity index (χ1) is 6.95. The summed E-state index contributed by atoms with van der Waals surface area (Å²) in [7, 11) is 0. The van der Waals surface area contributed by atoms with Crippen molar-refractivity contribution < 1.29 is 19.5 Å². The van der Waals surface area contributed by atoms with Gasteiger partial charge in [-0.15, -0.1) is 0 Å². The van der Waals surface area contributed by atoms with Gasteiger partial charge in [-0.2, -0.15) is 0 Å². The van der Waals surface area contributed by atoms with Crippen LogP contribution in [-0.2, 0) is 14.4 Å². The number of carboxylic acids is 1. The molecule has 0 radical (unpaired) electrons. The molecular weight excluding hydrogens is 202 g/mol. The number of amides is 2. The fourth-order valence-corrected chi connectivity index (χ4v) is 0.909. The predicted octanol–water partition coefficient (Wildman–Crippen LogP) is -1.96. The van der Waals surface area contributed by atoms with E-state index in [2.05, 4.69) is 10.6 Å². The zero-order chi connectivity index (χ0) is 11.8. The Morgan fingerprint density at radius 2 is 1.93 bits per heavy atom. The molecule has 0 aromatic rings. The maximum Gasteiger partial charge on any atom is 0.322 e. The van der Waals surface area contributed by atoms with Gasteiger partial charge in [-0.05, 0) is 6.92 Å². The summed E-state index contributed by atoms with van der Waals surface area (Å²) < 4.78 is 0. The summed E-state index contributed by atoms with van der Waals surface area (Å²) in [6.45, 7) is 1.07. The van der Waals surface area contributed by atoms with Crippen molar-refractivity contribution in [3.05, 3.63) is 0 Å². The van der Waals surface area contributed by atoms with Crippen LogP contribution in [0.25, 0.3) is 0 Å². The van der Waals surface area contributed by atoms with Crippen LogP contribution in [0.3, 0.4) is 0 Å². The van der Waals surface area contributed by atoms with Gasteiger partial charge < -0.3 is 21.5 Å². The van der Waals surface area contributed by atoms with Gasteiger partial charge in [0.15, 0.2) is 0 Å². The first kappa shape index (κ1) is 13.4. The normalized spacial score (nSPS) is 11.6. The van der Waals surface area contributed by atoms with Crippen LogP contribution < -0.4 is 16.4 Å². The van der Waals surface area contributed by atoms with E-state index in [-0.39, 0.29) is 24.9 Å². The molecule has 86 valence electrons. The molecule has 0 bridgehead atoms. The molecule has 7 nitrogen and oxygen atoms in total. The molecule has 15 heavy (non-hydrogen) atoms. The molecule has 1 atom stereocenters. The standard InChI is InChI=1S/C8H15N3O4/c1-5(11-7(13)3-9)2-6(12)10-4-8(14)15/h5H,2-4,9H2,1H3,(H,10,12)(H,11,13)(H,14,15)/t5-/m0/s1. The molecule has 2 amide bonds. The smallest absolute Gasteiger partial charge is 0.322 e. The van der Waals surface area contributed by atoms with Crippen LogP contribution in [0.1, 0.15) is 13.3 Å². The van der Waals surface area contributed by atoms with Gasteiger partial charge in [0.05, 0.1) is 6.54 Å². The molecule has 0 aliphatic heterocycles. The number of carbonyl (C=O) groups excluding carboxylic acids is 2. The average Bonchev–Trinajstić information content (AvgIpc) is 2.14. The van der Waals surface area contributed by atoms with Crippen molar-refractivity contribution in [2.45, 2.75) is 19.4 Å². The molecule has 0 unspecified atom stereocenters. The minimum Gasteiger partial charge on any atom is -0.480 e. The molecule has 0 saturated carbocycles. The molecule has 0 aliphatic rings. The van der Waals surface area contributed by atoms with E-state index in [9.17, 15) is 14.4 Å². The summed E-state index contributed by atoms with van der Waals surface area (Å²) in [5.41, 5.74) is 5.06.